The number of rotatable bonds is 7. The van der Waals surface area contributed by atoms with Crippen LogP contribution in [0.5, 0.6) is 0 Å². The van der Waals surface area contributed by atoms with Crippen molar-refractivity contribution in [3.05, 3.63) is 79.7 Å². The van der Waals surface area contributed by atoms with Crippen LogP contribution in [0.4, 0.5) is 0 Å². The molecule has 0 aliphatic heterocycles. The van der Waals surface area contributed by atoms with Crippen LogP contribution in [0.25, 0.3) is 35.5 Å². The van der Waals surface area contributed by atoms with E-state index in [1.54, 1.807) is 0 Å². The van der Waals surface area contributed by atoms with E-state index in [-0.39, 0.29) is 0 Å². The molecule has 3 rings (SSSR count). The summed E-state index contributed by atoms with van der Waals surface area (Å²) < 4.78 is 0. The molecule has 1 aliphatic carbocycles. The second kappa shape index (κ2) is 8.89. The minimum atomic E-state index is 1.13. The molecular weight excluding hydrogens is 376 g/mol. The normalized spacial score (nSPS) is 14.5. The van der Waals surface area contributed by atoms with Crippen LogP contribution < -0.4 is 0 Å². The molecule has 2 heterocycles. The standard InChI is InChI=1S/C26H28S2/c1-7-11-16-24-20(10-4)26(18(6)28-24)22-15-12-14-21(22)25-17(5)27-23(13-8-2)19(25)9-3/h7-11,13,16H,1,3-4,12,14-15H2,2,5-6H3/b13-8-,16-11-. The van der Waals surface area contributed by atoms with Crippen LogP contribution >= 0.6 is 22.7 Å². The Balaban J connectivity index is 2.26. The lowest BCUT2D eigenvalue weighted by Crippen LogP contribution is -1.92. The van der Waals surface area contributed by atoms with Gasteiger partial charge in [-0.05, 0) is 85.6 Å². The van der Waals surface area contributed by atoms with Gasteiger partial charge in [-0.25, -0.2) is 0 Å². The van der Waals surface area contributed by atoms with Gasteiger partial charge in [0.05, 0.1) is 0 Å². The fourth-order valence-electron chi connectivity index (χ4n) is 4.17. The van der Waals surface area contributed by atoms with Gasteiger partial charge in [0, 0.05) is 19.5 Å². The zero-order valence-electron chi connectivity index (χ0n) is 17.1. The summed E-state index contributed by atoms with van der Waals surface area (Å²) in [6.07, 6.45) is 17.8. The molecule has 0 spiro atoms. The van der Waals surface area contributed by atoms with Crippen molar-refractivity contribution in [3.63, 3.8) is 0 Å². The Morgan fingerprint density at radius 1 is 0.786 bits per heavy atom. The Morgan fingerprint density at radius 3 is 1.71 bits per heavy atom. The molecule has 0 saturated carbocycles. The minimum absolute atomic E-state index is 1.13. The molecule has 2 aromatic heterocycles. The molecule has 2 aromatic rings. The Labute approximate surface area is 177 Å². The first-order valence-corrected chi connectivity index (χ1v) is 11.4. The summed E-state index contributed by atoms with van der Waals surface area (Å²) in [5.41, 5.74) is 8.35. The third-order valence-corrected chi connectivity index (χ3v) is 7.40. The topological polar surface area (TPSA) is 0 Å². The van der Waals surface area contributed by atoms with Crippen molar-refractivity contribution in [2.24, 2.45) is 0 Å². The van der Waals surface area contributed by atoms with Crippen molar-refractivity contribution < 1.29 is 0 Å². The Morgan fingerprint density at radius 2 is 1.29 bits per heavy atom. The van der Waals surface area contributed by atoms with Crippen molar-refractivity contribution in [2.75, 3.05) is 0 Å². The molecule has 1 aliphatic rings. The van der Waals surface area contributed by atoms with Crippen LogP contribution in [-0.4, -0.2) is 0 Å². The third kappa shape index (κ3) is 3.59. The molecule has 28 heavy (non-hydrogen) atoms. The first kappa shape index (κ1) is 20.6. The van der Waals surface area contributed by atoms with E-state index in [9.17, 15) is 0 Å². The number of hydrogen-bond donors (Lipinski definition) is 0. The quantitative estimate of drug-likeness (QED) is 0.404. The lowest BCUT2D eigenvalue weighted by atomic mass is 9.91. The van der Waals surface area contributed by atoms with Crippen molar-refractivity contribution in [3.8, 4) is 0 Å². The molecule has 0 unspecified atom stereocenters. The summed E-state index contributed by atoms with van der Waals surface area (Å²) in [5.74, 6) is 0. The number of allylic oxidation sites excluding steroid dienone is 5. The van der Waals surface area contributed by atoms with Gasteiger partial charge < -0.3 is 0 Å². The fraction of sp³-hybridized carbons (Fsp3) is 0.231. The maximum atomic E-state index is 4.12. The second-order valence-corrected chi connectivity index (χ2v) is 9.45. The van der Waals surface area contributed by atoms with Crippen LogP contribution in [-0.2, 0) is 0 Å². The molecule has 0 fully saturated rings. The van der Waals surface area contributed by atoms with E-state index >= 15 is 0 Å². The van der Waals surface area contributed by atoms with E-state index in [1.807, 2.05) is 47.0 Å². The predicted molar refractivity (Wildman–Crippen MR) is 133 cm³/mol. The molecule has 0 atom stereocenters. The number of thiophene rings is 2. The van der Waals surface area contributed by atoms with E-state index in [2.05, 4.69) is 58.7 Å². The maximum absolute atomic E-state index is 4.12. The van der Waals surface area contributed by atoms with Crippen LogP contribution in [0, 0.1) is 13.8 Å². The van der Waals surface area contributed by atoms with E-state index in [4.69, 9.17) is 0 Å². The average Bonchev–Trinajstić information content (AvgIpc) is 3.34. The average molecular weight is 405 g/mol. The summed E-state index contributed by atoms with van der Waals surface area (Å²) in [6.45, 7) is 18.6. The van der Waals surface area contributed by atoms with Gasteiger partial charge >= 0.3 is 0 Å². The zero-order valence-corrected chi connectivity index (χ0v) is 18.7. The first-order valence-electron chi connectivity index (χ1n) is 9.73. The van der Waals surface area contributed by atoms with Gasteiger partial charge in [0.1, 0.15) is 0 Å². The van der Waals surface area contributed by atoms with Crippen LogP contribution in [0.2, 0.25) is 0 Å². The van der Waals surface area contributed by atoms with Gasteiger partial charge in [-0.1, -0.05) is 50.1 Å². The Hall–Kier alpha value is -2.16. The molecule has 144 valence electrons. The molecule has 0 saturated heterocycles. The Bertz CT molecular complexity index is 1020. The molecule has 0 N–H and O–H groups in total. The van der Waals surface area contributed by atoms with E-state index < -0.39 is 0 Å². The molecule has 0 radical (unpaired) electrons. The highest BCUT2D eigenvalue weighted by Crippen LogP contribution is 2.48. The molecular formula is C26H28S2. The zero-order chi connectivity index (χ0) is 20.3. The van der Waals surface area contributed by atoms with Crippen molar-refractivity contribution in [1.29, 1.82) is 0 Å². The highest BCUT2D eigenvalue weighted by Gasteiger charge is 2.26. The van der Waals surface area contributed by atoms with Gasteiger partial charge in [-0.2, -0.15) is 0 Å². The summed E-state index contributed by atoms with van der Waals surface area (Å²) >= 11 is 3.72. The van der Waals surface area contributed by atoms with E-state index in [0.717, 1.165) is 12.8 Å². The lowest BCUT2D eigenvalue weighted by molar-refractivity contribution is 0.941. The van der Waals surface area contributed by atoms with Crippen molar-refractivity contribution >= 4 is 58.1 Å². The SMILES string of the molecule is C=C/C=C\c1sc(C)c(C2=C(c3c(C)sc(/C=C\C)c3C=C)CCC2)c1C=C. The largest absolute Gasteiger partial charge is 0.140 e. The third-order valence-electron chi connectivity index (χ3n) is 5.23. The van der Waals surface area contributed by atoms with E-state index in [0.29, 0.717) is 0 Å². The smallest absolute Gasteiger partial charge is 0.0351 e. The fourth-order valence-corrected chi connectivity index (χ4v) is 6.44. The second-order valence-electron chi connectivity index (χ2n) is 6.94. The maximum Gasteiger partial charge on any atom is 0.0351 e. The first-order chi connectivity index (χ1) is 13.6. The molecule has 0 bridgehead atoms. The van der Waals surface area contributed by atoms with Crippen LogP contribution in [0.3, 0.4) is 0 Å². The summed E-state index contributed by atoms with van der Waals surface area (Å²) in [5, 5.41) is 0. The number of hydrogen-bond acceptors (Lipinski definition) is 2. The van der Waals surface area contributed by atoms with Crippen molar-refractivity contribution in [2.45, 2.75) is 40.0 Å². The van der Waals surface area contributed by atoms with Gasteiger partial charge in [0.2, 0.25) is 0 Å². The summed E-state index contributed by atoms with van der Waals surface area (Å²) in [6, 6.07) is 0. The summed E-state index contributed by atoms with van der Waals surface area (Å²) in [4.78, 5) is 5.33. The van der Waals surface area contributed by atoms with Crippen molar-refractivity contribution in [1.82, 2.24) is 0 Å². The predicted octanol–water partition coefficient (Wildman–Crippen LogP) is 9.04. The van der Waals surface area contributed by atoms with Crippen LogP contribution in [0.1, 0.15) is 67.9 Å². The highest BCUT2D eigenvalue weighted by molar-refractivity contribution is 7.13. The van der Waals surface area contributed by atoms with E-state index in [1.165, 1.54) is 59.3 Å². The minimum Gasteiger partial charge on any atom is -0.140 e. The number of aryl methyl sites for hydroxylation is 2. The lowest BCUT2D eigenvalue weighted by Gasteiger charge is -2.12. The molecule has 0 aromatic carbocycles. The van der Waals surface area contributed by atoms with Crippen LogP contribution in [0.15, 0.2) is 38.0 Å². The monoisotopic (exact) mass is 404 g/mol. The van der Waals surface area contributed by atoms with Gasteiger partial charge in [0.25, 0.3) is 0 Å². The summed E-state index contributed by atoms with van der Waals surface area (Å²) in [7, 11) is 0. The van der Waals surface area contributed by atoms with Gasteiger partial charge in [-0.15, -0.1) is 22.7 Å². The Kier molecular flexibility index (Phi) is 6.53. The highest BCUT2D eigenvalue weighted by atomic mass is 32.1. The van der Waals surface area contributed by atoms with Gasteiger partial charge in [-0.3, -0.25) is 0 Å². The molecule has 0 nitrogen and oxygen atoms in total. The van der Waals surface area contributed by atoms with Gasteiger partial charge in [0.15, 0.2) is 0 Å². The molecule has 2 heteroatoms. The molecule has 0 amide bonds.